The van der Waals surface area contributed by atoms with Crippen LogP contribution >= 0.6 is 0 Å². The van der Waals surface area contributed by atoms with E-state index in [9.17, 15) is 22.8 Å². The SMILES string of the molecule is CC(C)(C)C(NC(=O)c1cc(OCC(F)(F)F)c(C2CC2)cn1)C(=O)N1CCC12COC2. The van der Waals surface area contributed by atoms with E-state index in [0.29, 0.717) is 25.3 Å². The third-order valence-corrected chi connectivity index (χ3v) is 6.31. The number of nitrogens with zero attached hydrogens (tertiary/aromatic N) is 2. The van der Waals surface area contributed by atoms with Gasteiger partial charge < -0.3 is 19.7 Å². The lowest BCUT2D eigenvalue weighted by atomic mass is 9.79. The number of likely N-dealkylation sites (tertiary alicyclic amines) is 1. The standard InChI is InChI=1S/C22H28F3N3O4/c1-20(2,3)17(19(30)28-7-6-21(28)10-31-11-21)27-18(29)15-8-16(32-12-22(23,24)25)14(9-26-15)13-4-5-13/h8-9,13,17H,4-7,10-12H2,1-3H3,(H,27,29). The predicted molar refractivity (Wildman–Crippen MR) is 108 cm³/mol. The van der Waals surface area contributed by atoms with Crippen molar-refractivity contribution >= 4 is 11.8 Å². The molecule has 1 saturated carbocycles. The van der Waals surface area contributed by atoms with Gasteiger partial charge in [0.25, 0.3) is 5.91 Å². The van der Waals surface area contributed by atoms with Gasteiger partial charge in [-0.3, -0.25) is 14.6 Å². The molecule has 176 valence electrons. The zero-order valence-electron chi connectivity index (χ0n) is 18.4. The van der Waals surface area contributed by atoms with Gasteiger partial charge in [-0.15, -0.1) is 0 Å². The Morgan fingerprint density at radius 1 is 1.31 bits per heavy atom. The lowest BCUT2D eigenvalue weighted by Crippen LogP contribution is -2.74. The van der Waals surface area contributed by atoms with Crippen molar-refractivity contribution in [1.29, 1.82) is 0 Å². The van der Waals surface area contributed by atoms with Gasteiger partial charge in [-0.25, -0.2) is 0 Å². The minimum absolute atomic E-state index is 0.0110. The van der Waals surface area contributed by atoms with Crippen LogP contribution in [0, 0.1) is 5.41 Å². The number of hydrogen-bond acceptors (Lipinski definition) is 5. The molecule has 1 spiro atoms. The molecule has 7 nitrogen and oxygen atoms in total. The first-order chi connectivity index (χ1) is 14.9. The molecular weight excluding hydrogens is 427 g/mol. The van der Waals surface area contributed by atoms with E-state index in [4.69, 9.17) is 9.47 Å². The van der Waals surface area contributed by atoms with Crippen LogP contribution in [-0.4, -0.2) is 65.8 Å². The number of hydrogen-bond donors (Lipinski definition) is 1. The van der Waals surface area contributed by atoms with Crippen LogP contribution in [0.3, 0.4) is 0 Å². The smallest absolute Gasteiger partial charge is 0.422 e. The summed E-state index contributed by atoms with van der Waals surface area (Å²) >= 11 is 0. The zero-order chi connectivity index (χ0) is 23.3. The highest BCUT2D eigenvalue weighted by Crippen LogP contribution is 2.44. The minimum atomic E-state index is -4.49. The van der Waals surface area contributed by atoms with Gasteiger partial charge in [0.05, 0.1) is 18.8 Å². The quantitative estimate of drug-likeness (QED) is 0.713. The summed E-state index contributed by atoms with van der Waals surface area (Å²) in [6.07, 6.45) is -0.528. The van der Waals surface area contributed by atoms with E-state index in [0.717, 1.165) is 19.3 Å². The van der Waals surface area contributed by atoms with Gasteiger partial charge in [0.15, 0.2) is 6.61 Å². The summed E-state index contributed by atoms with van der Waals surface area (Å²) in [5.41, 5.74) is -0.369. The molecule has 1 aromatic rings. The van der Waals surface area contributed by atoms with Gasteiger partial charge in [0, 0.05) is 24.4 Å². The maximum atomic E-state index is 13.3. The Morgan fingerprint density at radius 3 is 2.47 bits per heavy atom. The molecule has 4 rings (SSSR count). The first kappa shape index (κ1) is 22.8. The lowest BCUT2D eigenvalue weighted by molar-refractivity contribution is -0.202. The topological polar surface area (TPSA) is 80.8 Å². The molecule has 1 aliphatic carbocycles. The summed E-state index contributed by atoms with van der Waals surface area (Å²) in [6, 6.07) is 0.418. The van der Waals surface area contributed by atoms with Crippen molar-refractivity contribution in [1.82, 2.24) is 15.2 Å². The molecule has 3 fully saturated rings. The van der Waals surface area contributed by atoms with Crippen LogP contribution < -0.4 is 10.1 Å². The van der Waals surface area contributed by atoms with Crippen molar-refractivity contribution in [2.75, 3.05) is 26.4 Å². The molecule has 1 aromatic heterocycles. The highest BCUT2D eigenvalue weighted by molar-refractivity contribution is 5.97. The van der Waals surface area contributed by atoms with Gasteiger partial charge in [-0.2, -0.15) is 13.2 Å². The number of amides is 2. The van der Waals surface area contributed by atoms with E-state index < -0.39 is 30.1 Å². The zero-order valence-corrected chi connectivity index (χ0v) is 18.4. The van der Waals surface area contributed by atoms with E-state index >= 15 is 0 Å². The first-order valence-electron chi connectivity index (χ1n) is 10.8. The van der Waals surface area contributed by atoms with Crippen LogP contribution in [0.25, 0.3) is 0 Å². The van der Waals surface area contributed by atoms with E-state index in [1.807, 2.05) is 20.8 Å². The molecular formula is C22H28F3N3O4. The third kappa shape index (κ3) is 4.55. The second kappa shape index (κ2) is 7.90. The van der Waals surface area contributed by atoms with Crippen molar-refractivity contribution in [2.45, 2.75) is 63.7 Å². The number of carbonyl (C=O) groups excluding carboxylic acids is 2. The maximum absolute atomic E-state index is 13.3. The molecule has 0 bridgehead atoms. The number of rotatable bonds is 6. The van der Waals surface area contributed by atoms with Crippen LogP contribution in [0.15, 0.2) is 12.3 Å². The summed E-state index contributed by atoms with van der Waals surface area (Å²) in [6.45, 7) is 5.69. The number of ether oxygens (including phenoxy) is 2. The average Bonchev–Trinajstić information content (AvgIpc) is 3.45. The molecule has 1 unspecified atom stereocenters. The Labute approximate surface area is 184 Å². The fraction of sp³-hybridized carbons (Fsp3) is 0.682. The molecule has 2 aliphatic heterocycles. The molecule has 3 heterocycles. The summed E-state index contributed by atoms with van der Waals surface area (Å²) in [7, 11) is 0. The highest BCUT2D eigenvalue weighted by Gasteiger charge is 2.55. The summed E-state index contributed by atoms with van der Waals surface area (Å²) in [4.78, 5) is 32.2. The molecule has 1 N–H and O–H groups in total. The Balaban J connectivity index is 1.52. The van der Waals surface area contributed by atoms with Gasteiger partial charge in [-0.1, -0.05) is 20.8 Å². The molecule has 1 atom stereocenters. The Hall–Kier alpha value is -2.36. The van der Waals surface area contributed by atoms with Gasteiger partial charge >= 0.3 is 6.18 Å². The third-order valence-electron chi connectivity index (χ3n) is 6.31. The van der Waals surface area contributed by atoms with E-state index in [-0.39, 0.29) is 28.8 Å². The van der Waals surface area contributed by atoms with Crippen molar-refractivity contribution in [2.24, 2.45) is 5.41 Å². The summed E-state index contributed by atoms with van der Waals surface area (Å²) in [5, 5.41) is 2.76. The molecule has 32 heavy (non-hydrogen) atoms. The number of halogens is 3. The van der Waals surface area contributed by atoms with Gasteiger partial charge in [0.2, 0.25) is 5.91 Å². The molecule has 2 saturated heterocycles. The monoisotopic (exact) mass is 455 g/mol. The van der Waals surface area contributed by atoms with Crippen molar-refractivity contribution in [3.05, 3.63) is 23.5 Å². The number of alkyl halides is 3. The molecule has 10 heteroatoms. The minimum Gasteiger partial charge on any atom is -0.484 e. The van der Waals surface area contributed by atoms with Crippen LogP contribution in [0.5, 0.6) is 5.75 Å². The van der Waals surface area contributed by atoms with Gasteiger partial charge in [-0.05, 0) is 30.6 Å². The largest absolute Gasteiger partial charge is 0.484 e. The normalized spacial score (nSPS) is 20.9. The van der Waals surface area contributed by atoms with Crippen LogP contribution in [0.4, 0.5) is 13.2 Å². The van der Waals surface area contributed by atoms with E-state index in [1.54, 1.807) is 4.90 Å². The molecule has 0 aromatic carbocycles. The molecule has 3 aliphatic rings. The van der Waals surface area contributed by atoms with E-state index in [1.165, 1.54) is 12.3 Å². The van der Waals surface area contributed by atoms with Crippen LogP contribution in [-0.2, 0) is 9.53 Å². The summed E-state index contributed by atoms with van der Waals surface area (Å²) < 4.78 is 48.3. The second-order valence-electron chi connectivity index (χ2n) is 10.0. The number of nitrogens with one attached hydrogen (secondary N) is 1. The Kier molecular flexibility index (Phi) is 5.63. The van der Waals surface area contributed by atoms with Crippen molar-refractivity contribution in [3.63, 3.8) is 0 Å². The van der Waals surface area contributed by atoms with Crippen LogP contribution in [0.1, 0.15) is 62.0 Å². The van der Waals surface area contributed by atoms with E-state index in [2.05, 4.69) is 10.3 Å². The fourth-order valence-corrected chi connectivity index (χ4v) is 4.09. The lowest BCUT2D eigenvalue weighted by Gasteiger charge is -2.58. The highest BCUT2D eigenvalue weighted by atomic mass is 19.4. The Morgan fingerprint density at radius 2 is 2.00 bits per heavy atom. The first-order valence-corrected chi connectivity index (χ1v) is 10.8. The van der Waals surface area contributed by atoms with Gasteiger partial charge in [0.1, 0.15) is 17.5 Å². The second-order valence-corrected chi connectivity index (χ2v) is 10.0. The fourth-order valence-electron chi connectivity index (χ4n) is 4.09. The molecule has 0 radical (unpaired) electrons. The number of pyridine rings is 1. The van der Waals surface area contributed by atoms with Crippen molar-refractivity contribution < 1.29 is 32.2 Å². The number of carbonyl (C=O) groups is 2. The maximum Gasteiger partial charge on any atom is 0.422 e. The van der Waals surface area contributed by atoms with Crippen LogP contribution in [0.2, 0.25) is 0 Å². The molecule has 2 amide bonds. The van der Waals surface area contributed by atoms with Crippen molar-refractivity contribution in [3.8, 4) is 5.75 Å². The predicted octanol–water partition coefficient (Wildman–Crippen LogP) is 3.05. The average molecular weight is 455 g/mol. The Bertz CT molecular complexity index is 899. The number of aromatic nitrogens is 1. The summed E-state index contributed by atoms with van der Waals surface area (Å²) in [5.74, 6) is -0.712.